The first-order valence-corrected chi connectivity index (χ1v) is 5.25. The number of aryl methyl sites for hydroxylation is 1. The van der Waals surface area contributed by atoms with E-state index in [1.165, 1.54) is 0 Å². The lowest BCUT2D eigenvalue weighted by Crippen LogP contribution is -2.28. The van der Waals surface area contributed by atoms with E-state index < -0.39 is 0 Å². The van der Waals surface area contributed by atoms with E-state index in [2.05, 4.69) is 18.8 Å². The molecule has 0 aliphatic heterocycles. The monoisotopic (exact) mass is 193 g/mol. The molecule has 0 aliphatic rings. The maximum Gasteiger partial charge on any atom is 0.103 e. The van der Waals surface area contributed by atoms with E-state index in [-0.39, 0.29) is 0 Å². The van der Waals surface area contributed by atoms with E-state index in [0.717, 1.165) is 31.6 Å². The molecule has 1 heterocycles. The van der Waals surface area contributed by atoms with Crippen molar-refractivity contribution in [2.45, 2.75) is 32.2 Å². The highest BCUT2D eigenvalue weighted by molar-refractivity contribution is 4.99. The fourth-order valence-electron chi connectivity index (χ4n) is 1.39. The van der Waals surface area contributed by atoms with Crippen LogP contribution in [0.5, 0.6) is 0 Å². The van der Waals surface area contributed by atoms with Crippen molar-refractivity contribution in [3.63, 3.8) is 0 Å². The SMILES string of the molecule is C=CC(CCc1ccco1)NCCC. The predicted molar refractivity (Wildman–Crippen MR) is 59.3 cm³/mol. The summed E-state index contributed by atoms with van der Waals surface area (Å²) in [6.07, 6.45) is 6.87. The summed E-state index contributed by atoms with van der Waals surface area (Å²) in [5.74, 6) is 1.05. The molecule has 1 atom stereocenters. The minimum Gasteiger partial charge on any atom is -0.469 e. The quantitative estimate of drug-likeness (QED) is 0.674. The van der Waals surface area contributed by atoms with E-state index in [4.69, 9.17) is 4.42 Å². The minimum absolute atomic E-state index is 0.403. The molecule has 78 valence electrons. The van der Waals surface area contributed by atoms with Gasteiger partial charge < -0.3 is 9.73 Å². The summed E-state index contributed by atoms with van der Waals surface area (Å²) < 4.78 is 5.27. The van der Waals surface area contributed by atoms with Gasteiger partial charge in [-0.15, -0.1) is 6.58 Å². The molecule has 1 aromatic rings. The molecule has 2 heteroatoms. The molecule has 1 rings (SSSR count). The Labute approximate surface area is 86.0 Å². The Bertz CT molecular complexity index is 241. The van der Waals surface area contributed by atoms with Gasteiger partial charge in [0, 0.05) is 12.5 Å². The van der Waals surface area contributed by atoms with Gasteiger partial charge in [-0.05, 0) is 31.5 Å². The van der Waals surface area contributed by atoms with Gasteiger partial charge in [-0.1, -0.05) is 13.0 Å². The topological polar surface area (TPSA) is 25.2 Å². The fourth-order valence-corrected chi connectivity index (χ4v) is 1.39. The summed E-state index contributed by atoms with van der Waals surface area (Å²) in [5, 5.41) is 3.42. The van der Waals surface area contributed by atoms with Gasteiger partial charge in [-0.3, -0.25) is 0 Å². The molecule has 1 unspecified atom stereocenters. The van der Waals surface area contributed by atoms with Crippen LogP contribution in [0.25, 0.3) is 0 Å². The van der Waals surface area contributed by atoms with E-state index in [0.29, 0.717) is 6.04 Å². The van der Waals surface area contributed by atoms with E-state index >= 15 is 0 Å². The van der Waals surface area contributed by atoms with Crippen molar-refractivity contribution in [1.82, 2.24) is 5.32 Å². The van der Waals surface area contributed by atoms with Crippen LogP contribution < -0.4 is 5.32 Å². The summed E-state index contributed by atoms with van der Waals surface area (Å²) in [4.78, 5) is 0. The zero-order valence-electron chi connectivity index (χ0n) is 8.83. The van der Waals surface area contributed by atoms with Crippen molar-refractivity contribution in [1.29, 1.82) is 0 Å². The van der Waals surface area contributed by atoms with Gasteiger partial charge in [0.1, 0.15) is 5.76 Å². The Morgan fingerprint density at radius 2 is 2.50 bits per heavy atom. The standard InChI is InChI=1S/C12H19NO/c1-3-9-13-11(4-2)7-8-12-6-5-10-14-12/h4-6,10-11,13H,2-3,7-9H2,1H3. The molecular weight excluding hydrogens is 174 g/mol. The third kappa shape index (κ3) is 3.79. The van der Waals surface area contributed by atoms with Crippen LogP contribution in [-0.4, -0.2) is 12.6 Å². The molecule has 0 amide bonds. The Hall–Kier alpha value is -1.02. The van der Waals surface area contributed by atoms with E-state index in [1.807, 2.05) is 18.2 Å². The molecular formula is C12H19NO. The molecule has 0 spiro atoms. The zero-order chi connectivity index (χ0) is 10.2. The van der Waals surface area contributed by atoms with Gasteiger partial charge in [0.25, 0.3) is 0 Å². The average molecular weight is 193 g/mol. The van der Waals surface area contributed by atoms with Gasteiger partial charge in [0.05, 0.1) is 6.26 Å². The highest BCUT2D eigenvalue weighted by atomic mass is 16.3. The van der Waals surface area contributed by atoms with Crippen molar-refractivity contribution in [2.75, 3.05) is 6.54 Å². The van der Waals surface area contributed by atoms with Crippen molar-refractivity contribution in [2.24, 2.45) is 0 Å². The van der Waals surface area contributed by atoms with Crippen molar-refractivity contribution >= 4 is 0 Å². The summed E-state index contributed by atoms with van der Waals surface area (Å²) in [5.41, 5.74) is 0. The molecule has 0 saturated heterocycles. The second kappa shape index (κ2) is 6.44. The second-order valence-electron chi connectivity index (χ2n) is 3.41. The molecule has 0 bridgehead atoms. The number of nitrogens with one attached hydrogen (secondary N) is 1. The van der Waals surface area contributed by atoms with Crippen LogP contribution in [0.15, 0.2) is 35.5 Å². The lowest BCUT2D eigenvalue weighted by Gasteiger charge is -2.12. The third-order valence-corrected chi connectivity index (χ3v) is 2.22. The number of rotatable bonds is 7. The Morgan fingerprint density at radius 3 is 3.07 bits per heavy atom. The molecule has 14 heavy (non-hydrogen) atoms. The van der Waals surface area contributed by atoms with Crippen LogP contribution in [-0.2, 0) is 6.42 Å². The van der Waals surface area contributed by atoms with Crippen LogP contribution >= 0.6 is 0 Å². The van der Waals surface area contributed by atoms with Gasteiger partial charge in [0.15, 0.2) is 0 Å². The fraction of sp³-hybridized carbons (Fsp3) is 0.500. The van der Waals surface area contributed by atoms with Crippen molar-refractivity contribution < 1.29 is 4.42 Å². The van der Waals surface area contributed by atoms with Gasteiger partial charge in [-0.25, -0.2) is 0 Å². The lowest BCUT2D eigenvalue weighted by atomic mass is 10.1. The molecule has 0 aliphatic carbocycles. The normalized spacial score (nSPS) is 12.6. The van der Waals surface area contributed by atoms with E-state index in [1.54, 1.807) is 6.26 Å². The summed E-state index contributed by atoms with van der Waals surface area (Å²) in [6.45, 7) is 7.04. The van der Waals surface area contributed by atoms with Crippen molar-refractivity contribution in [3.05, 3.63) is 36.8 Å². The molecule has 1 N–H and O–H groups in total. The highest BCUT2D eigenvalue weighted by Crippen LogP contribution is 2.06. The van der Waals surface area contributed by atoms with Gasteiger partial charge in [0.2, 0.25) is 0 Å². The van der Waals surface area contributed by atoms with E-state index in [9.17, 15) is 0 Å². The zero-order valence-corrected chi connectivity index (χ0v) is 8.83. The molecule has 1 aromatic heterocycles. The maximum absolute atomic E-state index is 5.27. The van der Waals surface area contributed by atoms with Crippen LogP contribution in [0.2, 0.25) is 0 Å². The smallest absolute Gasteiger partial charge is 0.103 e. The van der Waals surface area contributed by atoms with Crippen LogP contribution in [0, 0.1) is 0 Å². The molecule has 2 nitrogen and oxygen atoms in total. The molecule has 0 saturated carbocycles. The summed E-state index contributed by atoms with van der Waals surface area (Å²) >= 11 is 0. The average Bonchev–Trinajstić information content (AvgIpc) is 2.71. The predicted octanol–water partition coefficient (Wildman–Crippen LogP) is 2.77. The maximum atomic E-state index is 5.27. The number of furan rings is 1. The van der Waals surface area contributed by atoms with Crippen LogP contribution in [0.3, 0.4) is 0 Å². The molecule has 0 radical (unpaired) electrons. The van der Waals surface area contributed by atoms with Gasteiger partial charge in [-0.2, -0.15) is 0 Å². The Morgan fingerprint density at radius 1 is 1.64 bits per heavy atom. The summed E-state index contributed by atoms with van der Waals surface area (Å²) in [6, 6.07) is 4.34. The minimum atomic E-state index is 0.403. The first-order valence-electron chi connectivity index (χ1n) is 5.25. The second-order valence-corrected chi connectivity index (χ2v) is 3.41. The largest absolute Gasteiger partial charge is 0.469 e. The van der Waals surface area contributed by atoms with Crippen LogP contribution in [0.1, 0.15) is 25.5 Å². The highest BCUT2D eigenvalue weighted by Gasteiger charge is 2.03. The molecule has 0 fully saturated rings. The Kier molecular flexibility index (Phi) is 5.08. The first-order chi connectivity index (χ1) is 6.86. The first kappa shape index (κ1) is 11.1. The molecule has 0 aromatic carbocycles. The summed E-state index contributed by atoms with van der Waals surface area (Å²) in [7, 11) is 0. The number of hydrogen-bond donors (Lipinski definition) is 1. The lowest BCUT2D eigenvalue weighted by molar-refractivity contribution is 0.476. The van der Waals surface area contributed by atoms with Crippen LogP contribution in [0.4, 0.5) is 0 Å². The number of hydrogen-bond acceptors (Lipinski definition) is 2. The third-order valence-electron chi connectivity index (χ3n) is 2.22. The Balaban J connectivity index is 2.23. The van der Waals surface area contributed by atoms with Gasteiger partial charge >= 0.3 is 0 Å². The van der Waals surface area contributed by atoms with Crippen molar-refractivity contribution in [3.8, 4) is 0 Å².